The van der Waals surface area contributed by atoms with Crippen LogP contribution >= 0.6 is 23.2 Å². The summed E-state index contributed by atoms with van der Waals surface area (Å²) in [6, 6.07) is 4.85. The number of nitrogens with zero attached hydrogens (tertiary/aromatic N) is 3. The van der Waals surface area contributed by atoms with Crippen LogP contribution in [-0.2, 0) is 20.2 Å². The summed E-state index contributed by atoms with van der Waals surface area (Å²) in [6.07, 6.45) is 6.96. The second-order valence-corrected chi connectivity index (χ2v) is 12.8. The Morgan fingerprint density at radius 3 is 2.35 bits per heavy atom. The number of benzene rings is 1. The molecule has 1 aromatic carbocycles. The van der Waals surface area contributed by atoms with E-state index < -0.39 is 43.7 Å². The lowest BCUT2D eigenvalue weighted by Gasteiger charge is -2.22. The Bertz CT molecular complexity index is 1520. The highest BCUT2D eigenvalue weighted by atomic mass is 35.5. The standard InChI is InChI=1S/C21H22Cl2FN5O.C2H6O6S2/c1-12(19-16(22)2-3-17(24)20(19)23)30-18-8-13(9-27-21(18)25)14-10-28-29(11-14)15-4-6-26-7-5-15;3-9(4,5)1-2-10(6,7)8/h2-3,8-12,15,26H,4-7H2,1H3,(H2,25,27);1-2H2,(H,3,4,5)(H,6,7,8)/t12-;/m1./s1. The Morgan fingerprint density at radius 1 is 1.12 bits per heavy atom. The monoisotopic (exact) mass is 639 g/mol. The van der Waals surface area contributed by atoms with E-state index in [0.29, 0.717) is 22.4 Å². The van der Waals surface area contributed by atoms with Gasteiger partial charge in [-0.3, -0.25) is 13.8 Å². The van der Waals surface area contributed by atoms with Gasteiger partial charge < -0.3 is 15.8 Å². The molecular weight excluding hydrogens is 612 g/mol. The quantitative estimate of drug-likeness (QED) is 0.207. The lowest BCUT2D eigenvalue weighted by molar-refractivity contribution is 0.227. The van der Waals surface area contributed by atoms with E-state index in [1.807, 2.05) is 17.1 Å². The molecule has 12 nitrogen and oxygen atoms in total. The molecule has 5 N–H and O–H groups in total. The summed E-state index contributed by atoms with van der Waals surface area (Å²) < 4.78 is 77.2. The second kappa shape index (κ2) is 13.4. The Morgan fingerprint density at radius 2 is 1.75 bits per heavy atom. The molecule has 0 radical (unpaired) electrons. The fourth-order valence-corrected chi connectivity index (χ4v) is 6.20. The Labute approximate surface area is 241 Å². The van der Waals surface area contributed by atoms with E-state index in [-0.39, 0.29) is 10.8 Å². The zero-order valence-corrected chi connectivity index (χ0v) is 24.3. The van der Waals surface area contributed by atoms with Crippen molar-refractivity contribution in [1.29, 1.82) is 0 Å². The second-order valence-electron chi connectivity index (χ2n) is 8.89. The minimum absolute atomic E-state index is 0.0686. The van der Waals surface area contributed by atoms with Crippen molar-refractivity contribution in [1.82, 2.24) is 20.1 Å². The third kappa shape index (κ3) is 9.26. The summed E-state index contributed by atoms with van der Waals surface area (Å²) in [5.74, 6) is -1.93. The van der Waals surface area contributed by atoms with Crippen LogP contribution in [0.2, 0.25) is 10.0 Å². The highest BCUT2D eigenvalue weighted by Crippen LogP contribution is 2.37. The molecule has 4 rings (SSSR count). The number of hydrogen-bond acceptors (Lipinski definition) is 9. The summed E-state index contributed by atoms with van der Waals surface area (Å²) in [5.41, 5.74) is 8.12. The summed E-state index contributed by atoms with van der Waals surface area (Å²) in [6.45, 7) is 3.71. The van der Waals surface area contributed by atoms with Gasteiger partial charge in [0.2, 0.25) is 0 Å². The van der Waals surface area contributed by atoms with Crippen LogP contribution in [0.4, 0.5) is 10.2 Å². The molecule has 0 unspecified atom stereocenters. The minimum atomic E-state index is -4.30. The number of aromatic nitrogens is 3. The van der Waals surface area contributed by atoms with E-state index in [0.717, 1.165) is 37.1 Å². The van der Waals surface area contributed by atoms with Gasteiger partial charge in [-0.05, 0) is 51.1 Å². The van der Waals surface area contributed by atoms with Crippen LogP contribution in [0.15, 0.2) is 36.8 Å². The fraction of sp³-hybridized carbons (Fsp3) is 0.391. The van der Waals surface area contributed by atoms with Crippen molar-refractivity contribution in [2.45, 2.75) is 31.9 Å². The molecule has 0 saturated carbocycles. The summed E-state index contributed by atoms with van der Waals surface area (Å²) >= 11 is 12.3. The van der Waals surface area contributed by atoms with Gasteiger partial charge in [-0.25, -0.2) is 9.37 Å². The molecule has 0 spiro atoms. The van der Waals surface area contributed by atoms with Gasteiger partial charge in [-0.15, -0.1) is 0 Å². The molecule has 0 bridgehead atoms. The maximum atomic E-state index is 13.9. The average Bonchev–Trinajstić information content (AvgIpc) is 3.37. The number of nitrogens with two attached hydrogens (primary N) is 1. The lowest BCUT2D eigenvalue weighted by Crippen LogP contribution is -2.29. The van der Waals surface area contributed by atoms with Gasteiger partial charge in [-0.2, -0.15) is 21.9 Å². The third-order valence-electron chi connectivity index (χ3n) is 5.89. The molecule has 3 aromatic rings. The molecule has 3 heterocycles. The number of nitrogen functional groups attached to an aromatic ring is 1. The first kappa shape index (κ1) is 32.0. The van der Waals surface area contributed by atoms with Gasteiger partial charge in [0.15, 0.2) is 11.6 Å². The van der Waals surface area contributed by atoms with Crippen LogP contribution < -0.4 is 15.8 Å². The number of rotatable bonds is 8. The smallest absolute Gasteiger partial charge is 0.265 e. The zero-order valence-electron chi connectivity index (χ0n) is 21.2. The van der Waals surface area contributed by atoms with Crippen molar-refractivity contribution < 1.29 is 35.1 Å². The van der Waals surface area contributed by atoms with E-state index in [1.54, 1.807) is 19.2 Å². The molecule has 0 amide bonds. The van der Waals surface area contributed by atoms with Crippen molar-refractivity contribution >= 4 is 49.3 Å². The predicted octanol–water partition coefficient (Wildman–Crippen LogP) is 3.80. The number of halogens is 3. The number of ether oxygens (including phenoxy) is 1. The Hall–Kier alpha value is -2.53. The number of anilines is 1. The first-order valence-electron chi connectivity index (χ1n) is 11.9. The van der Waals surface area contributed by atoms with E-state index in [1.165, 1.54) is 12.1 Å². The zero-order chi connectivity index (χ0) is 29.7. The predicted molar refractivity (Wildman–Crippen MR) is 149 cm³/mol. The minimum Gasteiger partial charge on any atom is -0.482 e. The van der Waals surface area contributed by atoms with Crippen LogP contribution in [0.3, 0.4) is 0 Å². The molecule has 1 saturated heterocycles. The molecule has 1 aliphatic rings. The van der Waals surface area contributed by atoms with Crippen LogP contribution in [0.1, 0.15) is 37.5 Å². The maximum absolute atomic E-state index is 13.9. The SMILES string of the molecule is C[C@@H](Oc1cc(-c2cnn(C3CCNCC3)c2)cnc1N)c1c(Cl)ccc(F)c1Cl.O=S(=O)(O)CCS(=O)(=O)O. The van der Waals surface area contributed by atoms with Gasteiger partial charge in [0, 0.05) is 34.1 Å². The lowest BCUT2D eigenvalue weighted by atomic mass is 10.1. The Balaban J connectivity index is 0.000000378. The molecule has 17 heteroatoms. The fourth-order valence-electron chi connectivity index (χ4n) is 3.84. The molecule has 40 heavy (non-hydrogen) atoms. The van der Waals surface area contributed by atoms with Crippen molar-refractivity contribution in [2.24, 2.45) is 0 Å². The number of nitrogens with one attached hydrogen (secondary N) is 1. The van der Waals surface area contributed by atoms with Gasteiger partial charge in [0.1, 0.15) is 11.9 Å². The van der Waals surface area contributed by atoms with Crippen molar-refractivity contribution in [3.05, 3.63) is 58.2 Å². The van der Waals surface area contributed by atoms with E-state index in [4.69, 9.17) is 42.8 Å². The molecule has 0 aliphatic carbocycles. The van der Waals surface area contributed by atoms with Crippen LogP contribution in [0.25, 0.3) is 11.1 Å². The Kier molecular flexibility index (Phi) is 10.7. The highest BCUT2D eigenvalue weighted by molar-refractivity contribution is 7.89. The van der Waals surface area contributed by atoms with Crippen molar-refractivity contribution in [3.8, 4) is 16.9 Å². The van der Waals surface area contributed by atoms with E-state index >= 15 is 0 Å². The summed E-state index contributed by atoms with van der Waals surface area (Å²) in [5, 5.41) is 8.13. The largest absolute Gasteiger partial charge is 0.482 e. The molecular formula is C23H28Cl2FN5O7S2. The van der Waals surface area contributed by atoms with Gasteiger partial charge in [-0.1, -0.05) is 23.2 Å². The topological polar surface area (TPSA) is 187 Å². The maximum Gasteiger partial charge on any atom is 0.265 e. The summed E-state index contributed by atoms with van der Waals surface area (Å²) in [4.78, 5) is 4.25. The normalized spacial score (nSPS) is 15.2. The molecule has 220 valence electrons. The first-order valence-corrected chi connectivity index (χ1v) is 15.8. The highest BCUT2D eigenvalue weighted by Gasteiger charge is 2.21. The number of pyridine rings is 1. The molecule has 1 aliphatic heterocycles. The van der Waals surface area contributed by atoms with Crippen molar-refractivity contribution in [3.63, 3.8) is 0 Å². The molecule has 1 atom stereocenters. The van der Waals surface area contributed by atoms with Crippen LogP contribution in [0, 0.1) is 5.82 Å². The van der Waals surface area contributed by atoms with Gasteiger partial charge >= 0.3 is 0 Å². The van der Waals surface area contributed by atoms with E-state index in [9.17, 15) is 21.2 Å². The first-order chi connectivity index (χ1) is 18.6. The molecule has 1 fully saturated rings. The molecule has 2 aromatic heterocycles. The van der Waals surface area contributed by atoms with Gasteiger partial charge in [0.05, 0.1) is 28.8 Å². The average molecular weight is 641 g/mol. The number of piperidine rings is 1. The summed E-state index contributed by atoms with van der Waals surface area (Å²) in [7, 11) is -8.59. The van der Waals surface area contributed by atoms with Crippen LogP contribution in [-0.4, -0.2) is 65.3 Å². The van der Waals surface area contributed by atoms with Gasteiger partial charge in [0.25, 0.3) is 20.2 Å². The third-order valence-corrected chi connectivity index (χ3v) is 8.30. The van der Waals surface area contributed by atoms with E-state index in [2.05, 4.69) is 15.4 Å². The van der Waals surface area contributed by atoms with Crippen LogP contribution in [0.5, 0.6) is 5.75 Å². The number of hydrogen-bond donors (Lipinski definition) is 4. The van der Waals surface area contributed by atoms with Crippen molar-refractivity contribution in [2.75, 3.05) is 30.3 Å².